The number of benzene rings is 1. The average molecular weight is 304 g/mol. The normalized spacial score (nSPS) is 16.9. The lowest BCUT2D eigenvalue weighted by molar-refractivity contribution is -0.134. The van der Waals surface area contributed by atoms with E-state index in [9.17, 15) is 9.59 Å². The zero-order valence-corrected chi connectivity index (χ0v) is 12.9. The predicted molar refractivity (Wildman–Crippen MR) is 86.4 cm³/mol. The second-order valence-corrected chi connectivity index (χ2v) is 5.69. The summed E-state index contributed by atoms with van der Waals surface area (Å²) in [5.41, 5.74) is 6.35. The highest BCUT2D eigenvalue weighted by molar-refractivity contribution is 5.93. The molecule has 0 radical (unpaired) electrons. The number of piperidine rings is 1. The van der Waals surface area contributed by atoms with Crippen LogP contribution < -0.4 is 16.4 Å². The lowest BCUT2D eigenvalue weighted by atomic mass is 9.97. The van der Waals surface area contributed by atoms with E-state index in [0.717, 1.165) is 12.8 Å². The van der Waals surface area contributed by atoms with Gasteiger partial charge >= 0.3 is 6.03 Å². The van der Waals surface area contributed by atoms with Crippen molar-refractivity contribution in [1.29, 1.82) is 0 Å². The molecule has 1 aliphatic heterocycles. The quantitative estimate of drug-likeness (QED) is 0.785. The van der Waals surface area contributed by atoms with Crippen LogP contribution in [0.4, 0.5) is 10.5 Å². The standard InChI is InChI=1S/C16H24N4O2/c1-12(15(21)20-9-7-13(11-17)8-10-20)18-16(22)19-14-5-3-2-4-6-14/h2-6,12-13H,7-11,17H2,1H3,(H2,18,19,22). The third-order valence-electron chi connectivity index (χ3n) is 4.01. The molecule has 22 heavy (non-hydrogen) atoms. The van der Waals surface area contributed by atoms with Gasteiger partial charge in [0.1, 0.15) is 6.04 Å². The van der Waals surface area contributed by atoms with Gasteiger partial charge in [-0.3, -0.25) is 4.79 Å². The van der Waals surface area contributed by atoms with Crippen molar-refractivity contribution in [2.45, 2.75) is 25.8 Å². The van der Waals surface area contributed by atoms with E-state index in [0.29, 0.717) is 31.2 Å². The van der Waals surface area contributed by atoms with Gasteiger partial charge in [-0.15, -0.1) is 0 Å². The van der Waals surface area contributed by atoms with E-state index in [1.807, 2.05) is 18.2 Å². The number of para-hydroxylation sites is 1. The highest BCUT2D eigenvalue weighted by Crippen LogP contribution is 2.16. The smallest absolute Gasteiger partial charge is 0.319 e. The Labute approximate surface area is 131 Å². The highest BCUT2D eigenvalue weighted by Gasteiger charge is 2.26. The summed E-state index contributed by atoms with van der Waals surface area (Å²) >= 11 is 0. The number of amides is 3. The third-order valence-corrected chi connectivity index (χ3v) is 4.01. The minimum absolute atomic E-state index is 0.0429. The molecule has 3 amide bonds. The lowest BCUT2D eigenvalue weighted by Gasteiger charge is -2.33. The Morgan fingerprint density at radius 3 is 2.50 bits per heavy atom. The van der Waals surface area contributed by atoms with Gasteiger partial charge in [0, 0.05) is 18.8 Å². The molecule has 1 atom stereocenters. The van der Waals surface area contributed by atoms with Crippen LogP contribution in [-0.2, 0) is 4.79 Å². The minimum atomic E-state index is -0.543. The second kappa shape index (κ2) is 7.79. The van der Waals surface area contributed by atoms with E-state index in [1.54, 1.807) is 24.0 Å². The number of carbonyl (C=O) groups excluding carboxylic acids is 2. The monoisotopic (exact) mass is 304 g/mol. The fraction of sp³-hybridized carbons (Fsp3) is 0.500. The van der Waals surface area contributed by atoms with Gasteiger partial charge in [0.15, 0.2) is 0 Å². The van der Waals surface area contributed by atoms with Crippen LogP contribution in [-0.4, -0.2) is 42.5 Å². The van der Waals surface area contributed by atoms with Crippen molar-refractivity contribution in [3.8, 4) is 0 Å². The molecular formula is C16H24N4O2. The number of hydrogen-bond donors (Lipinski definition) is 3. The van der Waals surface area contributed by atoms with Crippen LogP contribution >= 0.6 is 0 Å². The van der Waals surface area contributed by atoms with Crippen LogP contribution in [0.5, 0.6) is 0 Å². The second-order valence-electron chi connectivity index (χ2n) is 5.69. The summed E-state index contributed by atoms with van der Waals surface area (Å²) in [6.07, 6.45) is 1.87. The molecule has 1 aromatic carbocycles. The molecule has 120 valence electrons. The topological polar surface area (TPSA) is 87.5 Å². The molecule has 0 aromatic heterocycles. The van der Waals surface area contributed by atoms with E-state index in [2.05, 4.69) is 10.6 Å². The van der Waals surface area contributed by atoms with E-state index < -0.39 is 6.04 Å². The lowest BCUT2D eigenvalue weighted by Crippen LogP contribution is -2.50. The van der Waals surface area contributed by atoms with Crippen LogP contribution in [0.25, 0.3) is 0 Å². The van der Waals surface area contributed by atoms with Crippen molar-refractivity contribution >= 4 is 17.6 Å². The number of likely N-dealkylation sites (tertiary alicyclic amines) is 1. The molecule has 0 aliphatic carbocycles. The van der Waals surface area contributed by atoms with Gasteiger partial charge in [-0.05, 0) is 44.4 Å². The van der Waals surface area contributed by atoms with Gasteiger partial charge in [-0.25, -0.2) is 4.79 Å². The number of rotatable bonds is 4. The maximum absolute atomic E-state index is 12.3. The van der Waals surface area contributed by atoms with E-state index >= 15 is 0 Å². The van der Waals surface area contributed by atoms with Gasteiger partial charge < -0.3 is 21.3 Å². The number of hydrogen-bond acceptors (Lipinski definition) is 3. The summed E-state index contributed by atoms with van der Waals surface area (Å²) in [4.78, 5) is 26.0. The molecule has 0 saturated carbocycles. The molecule has 1 aromatic rings. The number of nitrogens with zero attached hydrogens (tertiary/aromatic N) is 1. The van der Waals surface area contributed by atoms with E-state index in [-0.39, 0.29) is 11.9 Å². The molecule has 1 fully saturated rings. The number of anilines is 1. The molecule has 1 unspecified atom stereocenters. The summed E-state index contributed by atoms with van der Waals surface area (Å²) in [5.74, 6) is 0.465. The first-order valence-electron chi connectivity index (χ1n) is 7.71. The first-order chi connectivity index (χ1) is 10.6. The van der Waals surface area contributed by atoms with Crippen molar-refractivity contribution in [1.82, 2.24) is 10.2 Å². The molecule has 1 saturated heterocycles. The zero-order chi connectivity index (χ0) is 15.9. The largest absolute Gasteiger partial charge is 0.341 e. The summed E-state index contributed by atoms with van der Waals surface area (Å²) < 4.78 is 0. The van der Waals surface area contributed by atoms with Gasteiger partial charge in [-0.1, -0.05) is 18.2 Å². The summed E-state index contributed by atoms with van der Waals surface area (Å²) in [5, 5.41) is 5.39. The molecule has 4 N–H and O–H groups in total. The predicted octanol–water partition coefficient (Wildman–Crippen LogP) is 1.39. The molecule has 6 nitrogen and oxygen atoms in total. The third kappa shape index (κ3) is 4.46. The number of nitrogens with one attached hydrogen (secondary N) is 2. The Bertz CT molecular complexity index is 498. The summed E-state index contributed by atoms with van der Waals surface area (Å²) in [6, 6.07) is 8.23. The van der Waals surface area contributed by atoms with Crippen molar-refractivity contribution in [3.05, 3.63) is 30.3 Å². The van der Waals surface area contributed by atoms with Crippen LogP contribution in [0.1, 0.15) is 19.8 Å². The van der Waals surface area contributed by atoms with Crippen molar-refractivity contribution in [2.75, 3.05) is 25.0 Å². The molecule has 0 spiro atoms. The van der Waals surface area contributed by atoms with E-state index in [1.165, 1.54) is 0 Å². The van der Waals surface area contributed by atoms with Crippen LogP contribution in [0, 0.1) is 5.92 Å². The van der Waals surface area contributed by atoms with Crippen LogP contribution in [0.3, 0.4) is 0 Å². The molecule has 2 rings (SSSR count). The van der Waals surface area contributed by atoms with Gasteiger partial charge in [-0.2, -0.15) is 0 Å². The fourth-order valence-electron chi connectivity index (χ4n) is 2.61. The Hall–Kier alpha value is -2.08. The van der Waals surface area contributed by atoms with Crippen LogP contribution in [0.15, 0.2) is 30.3 Å². The fourth-order valence-corrected chi connectivity index (χ4v) is 2.61. The van der Waals surface area contributed by atoms with Gasteiger partial charge in [0.05, 0.1) is 0 Å². The van der Waals surface area contributed by atoms with E-state index in [4.69, 9.17) is 5.73 Å². The highest BCUT2D eigenvalue weighted by atomic mass is 16.2. The first kappa shape index (κ1) is 16.3. The number of urea groups is 1. The average Bonchev–Trinajstić information content (AvgIpc) is 2.55. The van der Waals surface area contributed by atoms with Crippen LogP contribution in [0.2, 0.25) is 0 Å². The Balaban J connectivity index is 1.80. The Kier molecular flexibility index (Phi) is 5.77. The first-order valence-corrected chi connectivity index (χ1v) is 7.71. The molecule has 6 heteroatoms. The van der Waals surface area contributed by atoms with Crippen molar-refractivity contribution in [3.63, 3.8) is 0 Å². The molecule has 0 bridgehead atoms. The molecule has 1 aliphatic rings. The maximum Gasteiger partial charge on any atom is 0.319 e. The zero-order valence-electron chi connectivity index (χ0n) is 12.9. The molecule has 1 heterocycles. The maximum atomic E-state index is 12.3. The Morgan fingerprint density at radius 1 is 1.27 bits per heavy atom. The van der Waals surface area contributed by atoms with Gasteiger partial charge in [0.2, 0.25) is 5.91 Å². The number of carbonyl (C=O) groups is 2. The van der Waals surface area contributed by atoms with Crippen molar-refractivity contribution < 1.29 is 9.59 Å². The number of nitrogens with two attached hydrogens (primary N) is 1. The summed E-state index contributed by atoms with van der Waals surface area (Å²) in [7, 11) is 0. The minimum Gasteiger partial charge on any atom is -0.341 e. The Morgan fingerprint density at radius 2 is 1.91 bits per heavy atom. The SMILES string of the molecule is CC(NC(=O)Nc1ccccc1)C(=O)N1CCC(CN)CC1. The molecular weight excluding hydrogens is 280 g/mol. The van der Waals surface area contributed by atoms with Gasteiger partial charge in [0.25, 0.3) is 0 Å². The van der Waals surface area contributed by atoms with Crippen molar-refractivity contribution in [2.24, 2.45) is 11.7 Å². The summed E-state index contributed by atoms with van der Waals surface area (Å²) in [6.45, 7) is 3.82.